The van der Waals surface area contributed by atoms with E-state index in [1.165, 1.54) is 24.3 Å². The number of benzene rings is 2. The highest BCUT2D eigenvalue weighted by Crippen LogP contribution is 2.32. The Bertz CT molecular complexity index is 1100. The molecule has 2 aromatic rings. The standard InChI is InChI=1S/C26H31N3O8/c1-4-36-26(32)23(13-17-5-9-20(35-3)10-6-17)28-24(30)16(2)27-25(31)18-14-22(15-18)37-21-11-7-19(8-12-21)29(33)34/h5-12,16,18,22-23H,4,13-15H2,1-3H3,(H,27,31)(H,28,30)/t16-,18?,22?,23+/m1/s1. The third kappa shape index (κ3) is 7.66. The van der Waals surface area contributed by atoms with Crippen molar-refractivity contribution in [3.8, 4) is 11.5 Å². The fourth-order valence-corrected chi connectivity index (χ4v) is 3.84. The van der Waals surface area contributed by atoms with Crippen molar-refractivity contribution in [1.29, 1.82) is 0 Å². The average Bonchev–Trinajstić information content (AvgIpc) is 2.86. The number of non-ortho nitro benzene ring substituents is 1. The highest BCUT2D eigenvalue weighted by molar-refractivity contribution is 5.91. The zero-order chi connectivity index (χ0) is 26.9. The van der Waals surface area contributed by atoms with Crippen LogP contribution in [0, 0.1) is 16.0 Å². The fourth-order valence-electron chi connectivity index (χ4n) is 3.84. The Balaban J connectivity index is 1.48. The van der Waals surface area contributed by atoms with Crippen LogP contribution in [0.25, 0.3) is 0 Å². The molecule has 1 aliphatic rings. The minimum absolute atomic E-state index is 0.0281. The summed E-state index contributed by atoms with van der Waals surface area (Å²) in [7, 11) is 1.56. The van der Waals surface area contributed by atoms with E-state index in [0.717, 1.165) is 5.56 Å². The second kappa shape index (κ2) is 12.7. The van der Waals surface area contributed by atoms with E-state index < -0.39 is 28.9 Å². The topological polar surface area (TPSA) is 146 Å². The molecule has 0 unspecified atom stereocenters. The second-order valence-electron chi connectivity index (χ2n) is 8.75. The highest BCUT2D eigenvalue weighted by Gasteiger charge is 2.37. The first-order valence-corrected chi connectivity index (χ1v) is 12.0. The summed E-state index contributed by atoms with van der Waals surface area (Å²) < 4.78 is 16.0. The van der Waals surface area contributed by atoms with Crippen molar-refractivity contribution in [2.45, 2.75) is 51.3 Å². The van der Waals surface area contributed by atoms with Gasteiger partial charge < -0.3 is 24.8 Å². The molecule has 3 rings (SSSR count). The van der Waals surface area contributed by atoms with Crippen LogP contribution in [-0.2, 0) is 25.5 Å². The summed E-state index contributed by atoms with van der Waals surface area (Å²) in [4.78, 5) is 48.1. The number of hydrogen-bond donors (Lipinski definition) is 2. The monoisotopic (exact) mass is 513 g/mol. The lowest BCUT2D eigenvalue weighted by molar-refractivity contribution is -0.384. The molecule has 0 saturated heterocycles. The molecule has 11 nitrogen and oxygen atoms in total. The van der Waals surface area contributed by atoms with Gasteiger partial charge in [0.25, 0.3) is 5.69 Å². The molecule has 198 valence electrons. The molecule has 0 radical (unpaired) electrons. The van der Waals surface area contributed by atoms with E-state index in [-0.39, 0.29) is 36.6 Å². The summed E-state index contributed by atoms with van der Waals surface area (Å²) in [5.74, 6) is -0.502. The Hall–Kier alpha value is -4.15. The summed E-state index contributed by atoms with van der Waals surface area (Å²) in [6.45, 7) is 3.40. The Morgan fingerprint density at radius 3 is 2.22 bits per heavy atom. The number of nitrogens with zero attached hydrogens (tertiary/aromatic N) is 1. The van der Waals surface area contributed by atoms with Crippen LogP contribution in [0.3, 0.4) is 0 Å². The van der Waals surface area contributed by atoms with Gasteiger partial charge in [0, 0.05) is 24.5 Å². The van der Waals surface area contributed by atoms with Crippen molar-refractivity contribution in [3.05, 3.63) is 64.2 Å². The predicted octanol–water partition coefficient (Wildman–Crippen LogP) is 2.56. The van der Waals surface area contributed by atoms with E-state index >= 15 is 0 Å². The molecule has 2 N–H and O–H groups in total. The summed E-state index contributed by atoms with van der Waals surface area (Å²) in [6.07, 6.45) is 0.943. The van der Waals surface area contributed by atoms with Gasteiger partial charge in [-0.1, -0.05) is 12.1 Å². The largest absolute Gasteiger partial charge is 0.497 e. The lowest BCUT2D eigenvalue weighted by Crippen LogP contribution is -2.53. The normalized spacial score (nSPS) is 17.9. The van der Waals surface area contributed by atoms with Crippen LogP contribution >= 0.6 is 0 Å². The van der Waals surface area contributed by atoms with E-state index in [1.807, 2.05) is 0 Å². The molecule has 11 heteroatoms. The SMILES string of the molecule is CCOC(=O)[C@H](Cc1ccc(OC)cc1)NC(=O)[C@@H](C)NC(=O)C1CC(Oc2ccc([N+](=O)[O-])cc2)C1. The highest BCUT2D eigenvalue weighted by atomic mass is 16.6. The molecule has 37 heavy (non-hydrogen) atoms. The van der Waals surface area contributed by atoms with E-state index in [9.17, 15) is 24.5 Å². The molecule has 1 aliphatic carbocycles. The molecular formula is C26H31N3O8. The number of amides is 2. The van der Waals surface area contributed by atoms with Gasteiger partial charge in [-0.3, -0.25) is 19.7 Å². The molecule has 1 fully saturated rings. The summed E-state index contributed by atoms with van der Waals surface area (Å²) in [6, 6.07) is 11.1. The van der Waals surface area contributed by atoms with Gasteiger partial charge in [-0.15, -0.1) is 0 Å². The zero-order valence-electron chi connectivity index (χ0n) is 21.0. The van der Waals surface area contributed by atoms with Gasteiger partial charge in [0.15, 0.2) is 0 Å². The van der Waals surface area contributed by atoms with Crippen LogP contribution < -0.4 is 20.1 Å². The molecule has 0 aliphatic heterocycles. The Morgan fingerprint density at radius 1 is 1.03 bits per heavy atom. The average molecular weight is 514 g/mol. The number of nitrogens with one attached hydrogen (secondary N) is 2. The fraction of sp³-hybridized carbons (Fsp3) is 0.423. The van der Waals surface area contributed by atoms with E-state index in [4.69, 9.17) is 14.2 Å². The number of esters is 1. The zero-order valence-corrected chi connectivity index (χ0v) is 21.0. The van der Waals surface area contributed by atoms with Gasteiger partial charge in [0.05, 0.1) is 18.6 Å². The van der Waals surface area contributed by atoms with Crippen molar-refractivity contribution in [3.63, 3.8) is 0 Å². The maximum absolute atomic E-state index is 12.8. The van der Waals surface area contributed by atoms with Crippen LogP contribution in [0.4, 0.5) is 5.69 Å². The number of nitro benzene ring substituents is 1. The number of rotatable bonds is 12. The summed E-state index contributed by atoms with van der Waals surface area (Å²) >= 11 is 0. The smallest absolute Gasteiger partial charge is 0.328 e. The molecule has 1 saturated carbocycles. The third-order valence-corrected chi connectivity index (χ3v) is 6.05. The third-order valence-electron chi connectivity index (χ3n) is 6.05. The minimum Gasteiger partial charge on any atom is -0.497 e. The first-order chi connectivity index (χ1) is 17.7. The number of nitro groups is 1. The molecular weight excluding hydrogens is 482 g/mol. The van der Waals surface area contributed by atoms with Crippen molar-refractivity contribution >= 4 is 23.5 Å². The Labute approximate surface area is 214 Å². The van der Waals surface area contributed by atoms with Crippen LogP contribution in [-0.4, -0.2) is 54.6 Å². The van der Waals surface area contributed by atoms with Gasteiger partial charge in [-0.25, -0.2) is 4.79 Å². The Morgan fingerprint density at radius 2 is 1.65 bits per heavy atom. The van der Waals surface area contributed by atoms with Gasteiger partial charge in [0.2, 0.25) is 11.8 Å². The van der Waals surface area contributed by atoms with Crippen LogP contribution in [0.1, 0.15) is 32.3 Å². The number of hydrogen-bond acceptors (Lipinski definition) is 8. The van der Waals surface area contributed by atoms with Crippen molar-refractivity contribution < 1.29 is 33.5 Å². The van der Waals surface area contributed by atoms with Gasteiger partial charge >= 0.3 is 5.97 Å². The van der Waals surface area contributed by atoms with Crippen LogP contribution in [0.5, 0.6) is 11.5 Å². The first-order valence-electron chi connectivity index (χ1n) is 12.0. The first kappa shape index (κ1) is 27.4. The number of carbonyl (C=O) groups excluding carboxylic acids is 3. The van der Waals surface area contributed by atoms with Gasteiger partial charge in [-0.05, 0) is 56.5 Å². The summed E-state index contributed by atoms with van der Waals surface area (Å²) in [5, 5.41) is 16.1. The maximum Gasteiger partial charge on any atom is 0.328 e. The molecule has 2 atom stereocenters. The van der Waals surface area contributed by atoms with Gasteiger partial charge in [0.1, 0.15) is 29.7 Å². The maximum atomic E-state index is 12.8. The number of methoxy groups -OCH3 is 1. The van der Waals surface area contributed by atoms with E-state index in [0.29, 0.717) is 24.3 Å². The molecule has 2 amide bonds. The molecule has 0 aromatic heterocycles. The molecule has 2 aromatic carbocycles. The van der Waals surface area contributed by atoms with Crippen molar-refractivity contribution in [2.75, 3.05) is 13.7 Å². The molecule has 0 heterocycles. The summed E-state index contributed by atoms with van der Waals surface area (Å²) in [5.41, 5.74) is 0.782. The van der Waals surface area contributed by atoms with E-state index in [1.54, 1.807) is 45.2 Å². The quantitative estimate of drug-likeness (QED) is 0.250. The second-order valence-corrected chi connectivity index (χ2v) is 8.75. The molecule has 0 bridgehead atoms. The number of ether oxygens (including phenoxy) is 3. The van der Waals surface area contributed by atoms with Gasteiger partial charge in [-0.2, -0.15) is 0 Å². The lowest BCUT2D eigenvalue weighted by Gasteiger charge is -2.34. The van der Waals surface area contributed by atoms with Crippen LogP contribution in [0.2, 0.25) is 0 Å². The van der Waals surface area contributed by atoms with Crippen LogP contribution in [0.15, 0.2) is 48.5 Å². The predicted molar refractivity (Wildman–Crippen MR) is 133 cm³/mol. The molecule has 0 spiro atoms. The number of carbonyl (C=O) groups is 3. The van der Waals surface area contributed by atoms with Crippen molar-refractivity contribution in [1.82, 2.24) is 10.6 Å². The Kier molecular flexibility index (Phi) is 9.42. The van der Waals surface area contributed by atoms with E-state index in [2.05, 4.69) is 10.6 Å². The van der Waals surface area contributed by atoms with Crippen molar-refractivity contribution in [2.24, 2.45) is 5.92 Å². The lowest BCUT2D eigenvalue weighted by atomic mass is 9.81. The minimum atomic E-state index is -0.914.